The summed E-state index contributed by atoms with van der Waals surface area (Å²) >= 11 is 0. The van der Waals surface area contributed by atoms with E-state index in [2.05, 4.69) is 41.4 Å². The monoisotopic (exact) mass is 228 g/mol. The van der Waals surface area contributed by atoms with E-state index in [1.807, 2.05) is 0 Å². The first-order valence-corrected chi connectivity index (χ1v) is 6.05. The number of nitrogens with one attached hydrogen (secondary N) is 1. The van der Waals surface area contributed by atoms with E-state index in [9.17, 15) is 0 Å². The van der Waals surface area contributed by atoms with Crippen molar-refractivity contribution in [1.29, 1.82) is 0 Å². The van der Waals surface area contributed by atoms with Crippen molar-refractivity contribution < 1.29 is 4.74 Å². The zero-order valence-electron chi connectivity index (χ0n) is 9.99. The number of aromatic nitrogens is 2. The second kappa shape index (κ2) is 4.34. The van der Waals surface area contributed by atoms with Crippen molar-refractivity contribution in [3.05, 3.63) is 35.0 Å². The first kappa shape index (κ1) is 10.5. The Hall–Kier alpha value is -1.61. The van der Waals surface area contributed by atoms with Crippen LogP contribution in [0.25, 0.3) is 17.0 Å². The van der Waals surface area contributed by atoms with Gasteiger partial charge in [0.05, 0.1) is 24.4 Å². The van der Waals surface area contributed by atoms with Gasteiger partial charge in [0.25, 0.3) is 0 Å². The Morgan fingerprint density at radius 2 is 2.12 bits per heavy atom. The summed E-state index contributed by atoms with van der Waals surface area (Å²) in [7, 11) is 0. The Morgan fingerprint density at radius 1 is 1.29 bits per heavy atom. The minimum absolute atomic E-state index is 0.841. The highest BCUT2D eigenvalue weighted by molar-refractivity contribution is 5.87. The number of aryl methyl sites for hydroxylation is 1. The number of benzene rings is 1. The van der Waals surface area contributed by atoms with Crippen molar-refractivity contribution in [1.82, 2.24) is 10.2 Å². The summed E-state index contributed by atoms with van der Waals surface area (Å²) in [5.41, 5.74) is 4.86. The van der Waals surface area contributed by atoms with Crippen LogP contribution >= 0.6 is 0 Å². The maximum atomic E-state index is 5.35. The summed E-state index contributed by atoms with van der Waals surface area (Å²) in [5.74, 6) is 0. The molecule has 0 radical (unpaired) electrons. The Balaban J connectivity index is 2.00. The second-order valence-corrected chi connectivity index (χ2v) is 4.57. The van der Waals surface area contributed by atoms with Crippen molar-refractivity contribution >= 4 is 17.0 Å². The summed E-state index contributed by atoms with van der Waals surface area (Å²) in [6.07, 6.45) is 4.26. The van der Waals surface area contributed by atoms with Crippen LogP contribution < -0.4 is 0 Å². The molecule has 88 valence electrons. The van der Waals surface area contributed by atoms with Gasteiger partial charge in [-0.1, -0.05) is 17.7 Å². The van der Waals surface area contributed by atoms with E-state index < -0.39 is 0 Å². The van der Waals surface area contributed by atoms with Gasteiger partial charge in [-0.05, 0) is 37.5 Å². The molecule has 3 rings (SSSR count). The maximum absolute atomic E-state index is 5.35. The quantitative estimate of drug-likeness (QED) is 0.814. The highest BCUT2D eigenvalue weighted by Crippen LogP contribution is 2.22. The molecule has 1 aromatic carbocycles. The Bertz CT molecular complexity index is 561. The molecule has 0 unspecified atom stereocenters. The molecular formula is C14H16N2O. The van der Waals surface area contributed by atoms with Crippen LogP contribution in [0.15, 0.2) is 23.8 Å². The number of rotatable bonds is 1. The number of hydrogen-bond donors (Lipinski definition) is 1. The number of ether oxygens (including phenoxy) is 1. The normalized spacial score (nSPS) is 16.4. The molecule has 1 aliphatic rings. The van der Waals surface area contributed by atoms with Crippen LogP contribution in [-0.2, 0) is 4.74 Å². The molecule has 1 aromatic heterocycles. The molecular weight excluding hydrogens is 212 g/mol. The molecule has 0 bridgehead atoms. The van der Waals surface area contributed by atoms with Crippen LogP contribution in [0.2, 0.25) is 0 Å². The van der Waals surface area contributed by atoms with Crippen LogP contribution in [0.1, 0.15) is 24.1 Å². The molecule has 17 heavy (non-hydrogen) atoms. The van der Waals surface area contributed by atoms with Gasteiger partial charge in [-0.3, -0.25) is 5.10 Å². The third kappa shape index (κ3) is 2.11. The van der Waals surface area contributed by atoms with E-state index in [0.717, 1.165) is 37.3 Å². The lowest BCUT2D eigenvalue weighted by molar-refractivity contribution is 0.119. The Morgan fingerprint density at radius 3 is 2.94 bits per heavy atom. The lowest BCUT2D eigenvalue weighted by Crippen LogP contribution is -2.06. The average Bonchev–Trinajstić information content (AvgIpc) is 2.73. The van der Waals surface area contributed by atoms with Crippen LogP contribution in [0.5, 0.6) is 0 Å². The van der Waals surface area contributed by atoms with Crippen molar-refractivity contribution in [2.24, 2.45) is 0 Å². The molecule has 3 nitrogen and oxygen atoms in total. The molecule has 0 atom stereocenters. The minimum atomic E-state index is 0.841. The lowest BCUT2D eigenvalue weighted by atomic mass is 10.0. The van der Waals surface area contributed by atoms with Gasteiger partial charge in [0.1, 0.15) is 0 Å². The minimum Gasteiger partial charge on any atom is -0.381 e. The predicted molar refractivity (Wildman–Crippen MR) is 68.9 cm³/mol. The van der Waals surface area contributed by atoms with Gasteiger partial charge in [-0.15, -0.1) is 0 Å². The smallest absolute Gasteiger partial charge is 0.0926 e. The summed E-state index contributed by atoms with van der Waals surface area (Å²) in [6, 6.07) is 6.40. The molecule has 2 aromatic rings. The Kier molecular flexibility index (Phi) is 2.69. The zero-order valence-corrected chi connectivity index (χ0v) is 9.99. The van der Waals surface area contributed by atoms with E-state index >= 15 is 0 Å². The number of nitrogens with zero attached hydrogens (tertiary/aromatic N) is 1. The van der Waals surface area contributed by atoms with E-state index in [0.29, 0.717) is 0 Å². The molecule has 0 amide bonds. The number of H-pyrrole nitrogens is 1. The molecule has 1 saturated heterocycles. The third-order valence-corrected chi connectivity index (χ3v) is 3.22. The van der Waals surface area contributed by atoms with Gasteiger partial charge >= 0.3 is 0 Å². The fourth-order valence-corrected chi connectivity index (χ4v) is 2.24. The van der Waals surface area contributed by atoms with Crippen LogP contribution in [0.4, 0.5) is 0 Å². The Labute approximate surface area is 100 Å². The number of aromatic amines is 1. The van der Waals surface area contributed by atoms with E-state index in [1.54, 1.807) is 0 Å². The fraction of sp³-hybridized carbons (Fsp3) is 0.357. The zero-order chi connectivity index (χ0) is 11.7. The van der Waals surface area contributed by atoms with Crippen molar-refractivity contribution in [3.8, 4) is 0 Å². The van der Waals surface area contributed by atoms with Gasteiger partial charge < -0.3 is 4.74 Å². The first-order valence-electron chi connectivity index (χ1n) is 6.05. The molecule has 0 saturated carbocycles. The van der Waals surface area contributed by atoms with Crippen molar-refractivity contribution in [2.45, 2.75) is 19.8 Å². The van der Waals surface area contributed by atoms with E-state index in [-0.39, 0.29) is 0 Å². The largest absolute Gasteiger partial charge is 0.381 e. The molecule has 1 fully saturated rings. The molecule has 0 spiro atoms. The van der Waals surface area contributed by atoms with Crippen molar-refractivity contribution in [2.75, 3.05) is 13.2 Å². The third-order valence-electron chi connectivity index (χ3n) is 3.22. The van der Waals surface area contributed by atoms with Gasteiger partial charge in [0.2, 0.25) is 0 Å². The van der Waals surface area contributed by atoms with Gasteiger partial charge in [0.15, 0.2) is 0 Å². The van der Waals surface area contributed by atoms with Crippen LogP contribution in [0, 0.1) is 6.92 Å². The molecule has 1 aliphatic heterocycles. The lowest BCUT2D eigenvalue weighted by Gasteiger charge is -2.13. The van der Waals surface area contributed by atoms with Crippen LogP contribution in [0.3, 0.4) is 0 Å². The fourth-order valence-electron chi connectivity index (χ4n) is 2.24. The average molecular weight is 228 g/mol. The van der Waals surface area contributed by atoms with Crippen molar-refractivity contribution in [3.63, 3.8) is 0 Å². The predicted octanol–water partition coefficient (Wildman–Crippen LogP) is 3.07. The molecule has 3 heteroatoms. The van der Waals surface area contributed by atoms with E-state index in [4.69, 9.17) is 4.74 Å². The van der Waals surface area contributed by atoms with Crippen LogP contribution in [-0.4, -0.2) is 23.4 Å². The molecule has 1 N–H and O–H groups in total. The highest BCUT2D eigenvalue weighted by atomic mass is 16.5. The van der Waals surface area contributed by atoms with Gasteiger partial charge in [-0.2, -0.15) is 5.10 Å². The number of hydrogen-bond acceptors (Lipinski definition) is 2. The van der Waals surface area contributed by atoms with Gasteiger partial charge in [0, 0.05) is 5.39 Å². The summed E-state index contributed by atoms with van der Waals surface area (Å²) in [6.45, 7) is 3.78. The SMILES string of the molecule is Cc1ccc2c(C=C3CCOCC3)n[nH]c2c1. The number of fused-ring (bicyclic) bond motifs is 1. The highest BCUT2D eigenvalue weighted by Gasteiger charge is 2.08. The maximum Gasteiger partial charge on any atom is 0.0926 e. The molecule has 0 aliphatic carbocycles. The standard InChI is InChI=1S/C14H16N2O/c1-10-2-3-12-13(8-10)15-16-14(12)9-11-4-6-17-7-5-11/h2-3,8-9H,4-7H2,1H3,(H,15,16). The summed E-state index contributed by atoms with van der Waals surface area (Å²) in [5, 5.41) is 8.68. The topological polar surface area (TPSA) is 37.9 Å². The molecule has 2 heterocycles. The summed E-state index contributed by atoms with van der Waals surface area (Å²) < 4.78 is 5.35. The second-order valence-electron chi connectivity index (χ2n) is 4.57. The first-order chi connectivity index (χ1) is 8.33. The van der Waals surface area contributed by atoms with E-state index in [1.165, 1.54) is 16.5 Å². The van der Waals surface area contributed by atoms with Gasteiger partial charge in [-0.25, -0.2) is 0 Å². The summed E-state index contributed by atoms with van der Waals surface area (Å²) in [4.78, 5) is 0.